The molecule has 1 amide bonds. The number of carbonyl (C=O) groups is 1. The minimum absolute atomic E-state index is 0.271. The number of hydrogen-bond donors (Lipinski definition) is 1. The third kappa shape index (κ3) is 4.94. The second kappa shape index (κ2) is 8.71. The van der Waals surface area contributed by atoms with E-state index in [0.29, 0.717) is 31.7 Å². The molecule has 5 heteroatoms. The Morgan fingerprint density at radius 3 is 2.67 bits per heavy atom. The van der Waals surface area contributed by atoms with Crippen molar-refractivity contribution in [1.29, 1.82) is 0 Å². The highest BCUT2D eigenvalue weighted by atomic mass is 16.5. The Kier molecular flexibility index (Phi) is 6.93. The first-order chi connectivity index (χ1) is 10.2. The molecule has 0 aromatic heterocycles. The molecule has 0 spiro atoms. The standard InChI is InChI=1S/C16H31N3O2/c1-3-6-17-15-5-7-18(12-14(15)4-2)13-16(20)19-8-10-21-11-9-19/h14-15,17H,3-13H2,1-2H3. The molecule has 2 saturated heterocycles. The highest BCUT2D eigenvalue weighted by Crippen LogP contribution is 2.20. The number of carbonyl (C=O) groups excluding carboxylic acids is 1. The van der Waals surface area contributed by atoms with Gasteiger partial charge in [-0.2, -0.15) is 0 Å². The fourth-order valence-electron chi connectivity index (χ4n) is 3.37. The summed E-state index contributed by atoms with van der Waals surface area (Å²) in [6, 6.07) is 0.629. The number of rotatable bonds is 6. The molecule has 21 heavy (non-hydrogen) atoms. The molecule has 2 aliphatic heterocycles. The Labute approximate surface area is 129 Å². The molecule has 2 atom stereocenters. The molecule has 2 heterocycles. The lowest BCUT2D eigenvalue weighted by atomic mass is 9.90. The van der Waals surface area contributed by atoms with Gasteiger partial charge >= 0.3 is 0 Å². The van der Waals surface area contributed by atoms with Gasteiger partial charge in [0.25, 0.3) is 0 Å². The molecule has 0 aromatic carbocycles. The van der Waals surface area contributed by atoms with Crippen LogP contribution < -0.4 is 5.32 Å². The Balaban J connectivity index is 1.78. The molecular formula is C16H31N3O2. The van der Waals surface area contributed by atoms with Crippen molar-refractivity contribution in [3.63, 3.8) is 0 Å². The summed E-state index contributed by atoms with van der Waals surface area (Å²) in [6.45, 7) is 11.1. The van der Waals surface area contributed by atoms with E-state index in [2.05, 4.69) is 24.1 Å². The molecule has 0 aliphatic carbocycles. The van der Waals surface area contributed by atoms with Crippen molar-refractivity contribution in [2.24, 2.45) is 5.92 Å². The van der Waals surface area contributed by atoms with E-state index in [1.165, 1.54) is 12.8 Å². The monoisotopic (exact) mass is 297 g/mol. The second-order valence-corrected chi connectivity index (χ2v) is 6.25. The van der Waals surface area contributed by atoms with E-state index in [0.717, 1.165) is 39.1 Å². The summed E-state index contributed by atoms with van der Waals surface area (Å²) in [5.41, 5.74) is 0. The van der Waals surface area contributed by atoms with Crippen molar-refractivity contribution in [3.8, 4) is 0 Å². The maximum absolute atomic E-state index is 12.3. The average Bonchev–Trinajstić information content (AvgIpc) is 2.54. The molecule has 0 radical (unpaired) electrons. The topological polar surface area (TPSA) is 44.8 Å². The summed E-state index contributed by atoms with van der Waals surface area (Å²) >= 11 is 0. The normalized spacial score (nSPS) is 27.8. The van der Waals surface area contributed by atoms with Gasteiger partial charge in [-0.15, -0.1) is 0 Å². The van der Waals surface area contributed by atoms with Gasteiger partial charge in [-0.05, 0) is 25.3 Å². The number of amides is 1. The van der Waals surface area contributed by atoms with Crippen LogP contribution in [0.3, 0.4) is 0 Å². The molecule has 2 aliphatic rings. The van der Waals surface area contributed by atoms with E-state index in [1.54, 1.807) is 0 Å². The molecule has 1 N–H and O–H groups in total. The number of ether oxygens (including phenoxy) is 1. The largest absolute Gasteiger partial charge is 0.378 e. The van der Waals surface area contributed by atoms with E-state index >= 15 is 0 Å². The number of hydrogen-bond acceptors (Lipinski definition) is 4. The maximum atomic E-state index is 12.3. The van der Waals surface area contributed by atoms with Crippen LogP contribution in [0.25, 0.3) is 0 Å². The fourth-order valence-corrected chi connectivity index (χ4v) is 3.37. The van der Waals surface area contributed by atoms with Crippen LogP contribution >= 0.6 is 0 Å². The van der Waals surface area contributed by atoms with Gasteiger partial charge in [-0.3, -0.25) is 9.69 Å². The Bertz CT molecular complexity index is 319. The van der Waals surface area contributed by atoms with Crippen LogP contribution in [0.5, 0.6) is 0 Å². The number of nitrogens with zero attached hydrogens (tertiary/aromatic N) is 2. The summed E-state index contributed by atoms with van der Waals surface area (Å²) in [6.07, 6.45) is 3.53. The van der Waals surface area contributed by atoms with Gasteiger partial charge in [0.05, 0.1) is 19.8 Å². The van der Waals surface area contributed by atoms with Crippen LogP contribution in [-0.4, -0.2) is 74.2 Å². The number of likely N-dealkylation sites (tertiary alicyclic amines) is 1. The van der Waals surface area contributed by atoms with Crippen molar-refractivity contribution in [1.82, 2.24) is 15.1 Å². The van der Waals surface area contributed by atoms with Gasteiger partial charge in [-0.25, -0.2) is 0 Å². The van der Waals surface area contributed by atoms with Gasteiger partial charge in [0.1, 0.15) is 0 Å². The quantitative estimate of drug-likeness (QED) is 0.793. The number of piperidine rings is 1. The van der Waals surface area contributed by atoms with Crippen LogP contribution in [0, 0.1) is 5.92 Å². The van der Waals surface area contributed by atoms with E-state index in [9.17, 15) is 4.79 Å². The smallest absolute Gasteiger partial charge is 0.236 e. The Morgan fingerprint density at radius 1 is 1.24 bits per heavy atom. The van der Waals surface area contributed by atoms with Crippen molar-refractivity contribution >= 4 is 5.91 Å². The Morgan fingerprint density at radius 2 is 2.00 bits per heavy atom. The molecule has 0 saturated carbocycles. The van der Waals surface area contributed by atoms with E-state index < -0.39 is 0 Å². The number of nitrogens with one attached hydrogen (secondary N) is 1. The van der Waals surface area contributed by atoms with Crippen LogP contribution in [-0.2, 0) is 9.53 Å². The van der Waals surface area contributed by atoms with Gasteiger partial charge in [0, 0.05) is 32.2 Å². The van der Waals surface area contributed by atoms with Gasteiger partial charge in [0.15, 0.2) is 0 Å². The first kappa shape index (κ1) is 16.7. The lowest BCUT2D eigenvalue weighted by Gasteiger charge is -2.39. The van der Waals surface area contributed by atoms with Gasteiger partial charge in [-0.1, -0.05) is 20.3 Å². The van der Waals surface area contributed by atoms with Crippen molar-refractivity contribution in [3.05, 3.63) is 0 Å². The third-order valence-corrected chi connectivity index (χ3v) is 4.72. The summed E-state index contributed by atoms with van der Waals surface area (Å²) in [4.78, 5) is 16.6. The van der Waals surface area contributed by atoms with Gasteiger partial charge < -0.3 is 15.0 Å². The predicted molar refractivity (Wildman–Crippen MR) is 84.3 cm³/mol. The maximum Gasteiger partial charge on any atom is 0.236 e. The molecule has 122 valence electrons. The third-order valence-electron chi connectivity index (χ3n) is 4.72. The minimum atomic E-state index is 0.271. The molecule has 2 unspecified atom stereocenters. The molecule has 2 fully saturated rings. The lowest BCUT2D eigenvalue weighted by Crippen LogP contribution is -2.52. The zero-order chi connectivity index (χ0) is 15.1. The van der Waals surface area contributed by atoms with Crippen LogP contribution in [0.4, 0.5) is 0 Å². The molecule has 2 rings (SSSR count). The van der Waals surface area contributed by atoms with Gasteiger partial charge in [0.2, 0.25) is 5.91 Å². The van der Waals surface area contributed by atoms with E-state index in [-0.39, 0.29) is 5.91 Å². The second-order valence-electron chi connectivity index (χ2n) is 6.25. The highest BCUT2D eigenvalue weighted by molar-refractivity contribution is 5.78. The molecule has 0 bridgehead atoms. The zero-order valence-corrected chi connectivity index (χ0v) is 13.6. The molecule has 0 aromatic rings. The van der Waals surface area contributed by atoms with Crippen molar-refractivity contribution in [2.45, 2.75) is 39.2 Å². The van der Waals surface area contributed by atoms with Crippen LogP contribution in [0.1, 0.15) is 33.1 Å². The SMILES string of the molecule is CCCNC1CCN(CC(=O)N2CCOCC2)CC1CC. The Hall–Kier alpha value is -0.650. The van der Waals surface area contributed by atoms with Crippen LogP contribution in [0.2, 0.25) is 0 Å². The lowest BCUT2D eigenvalue weighted by molar-refractivity contribution is -0.137. The first-order valence-corrected chi connectivity index (χ1v) is 8.55. The minimum Gasteiger partial charge on any atom is -0.378 e. The summed E-state index contributed by atoms with van der Waals surface area (Å²) in [7, 11) is 0. The van der Waals surface area contributed by atoms with Crippen molar-refractivity contribution in [2.75, 3.05) is 52.5 Å². The highest BCUT2D eigenvalue weighted by Gasteiger charge is 2.29. The van der Waals surface area contributed by atoms with E-state index in [1.807, 2.05) is 4.90 Å². The summed E-state index contributed by atoms with van der Waals surface area (Å²) < 4.78 is 5.31. The molecule has 5 nitrogen and oxygen atoms in total. The first-order valence-electron chi connectivity index (χ1n) is 8.55. The average molecular weight is 297 g/mol. The predicted octanol–water partition coefficient (Wildman–Crippen LogP) is 0.945. The van der Waals surface area contributed by atoms with Crippen LogP contribution in [0.15, 0.2) is 0 Å². The summed E-state index contributed by atoms with van der Waals surface area (Å²) in [5, 5.41) is 3.67. The van der Waals surface area contributed by atoms with Crippen molar-refractivity contribution < 1.29 is 9.53 Å². The zero-order valence-electron chi connectivity index (χ0n) is 13.6. The van der Waals surface area contributed by atoms with E-state index in [4.69, 9.17) is 4.74 Å². The fraction of sp³-hybridized carbons (Fsp3) is 0.938. The number of morpholine rings is 1. The molecular weight excluding hydrogens is 266 g/mol. The summed E-state index contributed by atoms with van der Waals surface area (Å²) in [5.74, 6) is 0.941.